The number of nitrogens with zero attached hydrogens (tertiary/aromatic N) is 1. The molecule has 3 nitrogen and oxygen atoms in total. The number of aliphatic hydroxyl groups is 1. The third-order valence-electron chi connectivity index (χ3n) is 3.69. The molecule has 2 rings (SSSR count). The van der Waals surface area contributed by atoms with Crippen LogP contribution >= 0.6 is 0 Å². The van der Waals surface area contributed by atoms with Gasteiger partial charge in [0.25, 0.3) is 0 Å². The van der Waals surface area contributed by atoms with E-state index in [1.807, 2.05) is 0 Å². The average Bonchev–Trinajstić information content (AvgIpc) is 2.75. The van der Waals surface area contributed by atoms with Crippen LogP contribution in [0.1, 0.15) is 19.8 Å². The number of aliphatic hydroxyl groups excluding tert-OH is 1. The van der Waals surface area contributed by atoms with Gasteiger partial charge in [0.2, 0.25) is 0 Å². The van der Waals surface area contributed by atoms with Crippen LogP contribution in [0.3, 0.4) is 0 Å². The van der Waals surface area contributed by atoms with Crippen molar-refractivity contribution in [3.63, 3.8) is 0 Å². The maximum atomic E-state index is 9.07. The average molecular weight is 198 g/mol. The minimum Gasteiger partial charge on any atom is -0.396 e. The van der Waals surface area contributed by atoms with Gasteiger partial charge in [-0.05, 0) is 37.3 Å². The molecular formula is C11H22N2O. The van der Waals surface area contributed by atoms with E-state index in [1.54, 1.807) is 0 Å². The second kappa shape index (κ2) is 4.17. The van der Waals surface area contributed by atoms with Crippen molar-refractivity contribution in [2.75, 3.05) is 39.3 Å². The van der Waals surface area contributed by atoms with Crippen molar-refractivity contribution in [3.8, 4) is 0 Å². The van der Waals surface area contributed by atoms with Gasteiger partial charge in [0.15, 0.2) is 0 Å². The van der Waals surface area contributed by atoms with Crippen LogP contribution in [0.2, 0.25) is 0 Å². The molecule has 2 unspecified atom stereocenters. The molecule has 2 saturated heterocycles. The summed E-state index contributed by atoms with van der Waals surface area (Å²) in [6.07, 6.45) is 2.48. The molecule has 0 radical (unpaired) electrons. The first-order valence-electron chi connectivity index (χ1n) is 5.76. The van der Waals surface area contributed by atoms with Crippen LogP contribution in [0.5, 0.6) is 0 Å². The molecule has 0 amide bonds. The Hall–Kier alpha value is -0.120. The monoisotopic (exact) mass is 198 g/mol. The number of rotatable bonds is 3. The van der Waals surface area contributed by atoms with Crippen molar-refractivity contribution >= 4 is 0 Å². The topological polar surface area (TPSA) is 35.5 Å². The Morgan fingerprint density at radius 1 is 1.57 bits per heavy atom. The molecule has 2 atom stereocenters. The molecule has 0 saturated carbocycles. The van der Waals surface area contributed by atoms with Gasteiger partial charge in [-0.3, -0.25) is 0 Å². The molecule has 2 fully saturated rings. The Morgan fingerprint density at radius 2 is 2.43 bits per heavy atom. The summed E-state index contributed by atoms with van der Waals surface area (Å²) in [5.41, 5.74) is 0.477. The first kappa shape index (κ1) is 10.4. The van der Waals surface area contributed by atoms with E-state index >= 15 is 0 Å². The summed E-state index contributed by atoms with van der Waals surface area (Å²) in [6, 6.07) is 0. The Morgan fingerprint density at radius 3 is 3.00 bits per heavy atom. The van der Waals surface area contributed by atoms with E-state index in [2.05, 4.69) is 17.1 Å². The number of hydrogen-bond acceptors (Lipinski definition) is 3. The zero-order valence-corrected chi connectivity index (χ0v) is 9.13. The molecule has 0 bridgehead atoms. The fourth-order valence-corrected chi connectivity index (χ4v) is 2.75. The van der Waals surface area contributed by atoms with Gasteiger partial charge in [-0.15, -0.1) is 0 Å². The van der Waals surface area contributed by atoms with Crippen LogP contribution < -0.4 is 5.32 Å². The highest BCUT2D eigenvalue weighted by Crippen LogP contribution is 2.28. The fraction of sp³-hybridized carbons (Fsp3) is 1.00. The van der Waals surface area contributed by atoms with Gasteiger partial charge in [0, 0.05) is 26.2 Å². The molecular weight excluding hydrogens is 176 g/mol. The van der Waals surface area contributed by atoms with Gasteiger partial charge in [-0.2, -0.15) is 0 Å². The fourth-order valence-electron chi connectivity index (χ4n) is 2.75. The molecule has 3 heteroatoms. The number of nitrogens with one attached hydrogen (secondary N) is 1. The molecule has 14 heavy (non-hydrogen) atoms. The molecule has 0 aromatic carbocycles. The Kier molecular flexibility index (Phi) is 3.10. The number of likely N-dealkylation sites (tertiary alicyclic amines) is 1. The van der Waals surface area contributed by atoms with Crippen LogP contribution in [0.4, 0.5) is 0 Å². The lowest BCUT2D eigenvalue weighted by Gasteiger charge is -2.29. The normalized spacial score (nSPS) is 39.4. The molecule has 2 aliphatic rings. The Labute approximate surface area is 86.5 Å². The molecule has 0 aliphatic carbocycles. The third-order valence-corrected chi connectivity index (χ3v) is 3.69. The Balaban J connectivity index is 1.80. The van der Waals surface area contributed by atoms with E-state index in [0.717, 1.165) is 13.1 Å². The molecule has 0 spiro atoms. The van der Waals surface area contributed by atoms with Crippen molar-refractivity contribution < 1.29 is 5.11 Å². The van der Waals surface area contributed by atoms with Gasteiger partial charge < -0.3 is 15.3 Å². The third kappa shape index (κ3) is 2.27. The second-order valence-electron chi connectivity index (χ2n) is 5.31. The van der Waals surface area contributed by atoms with Crippen LogP contribution in [-0.2, 0) is 0 Å². The SMILES string of the molecule is CC1(CN2CCC(CO)C2)CCNC1. The predicted molar refractivity (Wildman–Crippen MR) is 57.2 cm³/mol. The standard InChI is InChI=1S/C11H22N2O/c1-11(3-4-12-8-11)9-13-5-2-10(6-13)7-14/h10,12,14H,2-9H2,1H3. The maximum Gasteiger partial charge on any atom is 0.0471 e. The highest BCUT2D eigenvalue weighted by atomic mass is 16.3. The first-order chi connectivity index (χ1) is 6.72. The minimum absolute atomic E-state index is 0.367. The highest BCUT2D eigenvalue weighted by molar-refractivity contribution is 4.88. The van der Waals surface area contributed by atoms with E-state index in [4.69, 9.17) is 5.11 Å². The summed E-state index contributed by atoms with van der Waals surface area (Å²) in [6.45, 7) is 8.56. The smallest absolute Gasteiger partial charge is 0.0471 e. The summed E-state index contributed by atoms with van der Waals surface area (Å²) in [7, 11) is 0. The molecule has 0 aromatic rings. The van der Waals surface area contributed by atoms with Crippen molar-refractivity contribution in [3.05, 3.63) is 0 Å². The molecule has 2 heterocycles. The lowest BCUT2D eigenvalue weighted by molar-refractivity contribution is 0.185. The van der Waals surface area contributed by atoms with Gasteiger partial charge in [0.05, 0.1) is 0 Å². The van der Waals surface area contributed by atoms with Crippen molar-refractivity contribution in [2.24, 2.45) is 11.3 Å². The largest absolute Gasteiger partial charge is 0.396 e. The molecule has 82 valence electrons. The molecule has 2 N–H and O–H groups in total. The van der Waals surface area contributed by atoms with Gasteiger partial charge in [-0.1, -0.05) is 6.92 Å². The first-order valence-corrected chi connectivity index (χ1v) is 5.76. The summed E-state index contributed by atoms with van der Waals surface area (Å²) >= 11 is 0. The van der Waals surface area contributed by atoms with Gasteiger partial charge in [-0.25, -0.2) is 0 Å². The minimum atomic E-state index is 0.367. The Bertz CT molecular complexity index is 190. The van der Waals surface area contributed by atoms with Crippen LogP contribution in [-0.4, -0.2) is 49.3 Å². The van der Waals surface area contributed by atoms with E-state index in [-0.39, 0.29) is 0 Å². The summed E-state index contributed by atoms with van der Waals surface area (Å²) in [4.78, 5) is 2.52. The van der Waals surface area contributed by atoms with Crippen LogP contribution in [0, 0.1) is 11.3 Å². The zero-order valence-electron chi connectivity index (χ0n) is 9.13. The van der Waals surface area contributed by atoms with Crippen molar-refractivity contribution in [1.29, 1.82) is 0 Å². The van der Waals surface area contributed by atoms with Crippen LogP contribution in [0.25, 0.3) is 0 Å². The van der Waals surface area contributed by atoms with Gasteiger partial charge >= 0.3 is 0 Å². The maximum absolute atomic E-state index is 9.07. The van der Waals surface area contributed by atoms with E-state index in [0.29, 0.717) is 17.9 Å². The zero-order chi connectivity index (χ0) is 10.0. The van der Waals surface area contributed by atoms with Crippen LogP contribution in [0.15, 0.2) is 0 Å². The highest BCUT2D eigenvalue weighted by Gasteiger charge is 2.33. The predicted octanol–water partition coefficient (Wildman–Crippen LogP) is 0.300. The van der Waals surface area contributed by atoms with Gasteiger partial charge in [0.1, 0.15) is 0 Å². The van der Waals surface area contributed by atoms with E-state index in [1.165, 1.54) is 32.5 Å². The lowest BCUT2D eigenvalue weighted by Crippen LogP contribution is -2.36. The summed E-state index contributed by atoms with van der Waals surface area (Å²) < 4.78 is 0. The van der Waals surface area contributed by atoms with E-state index in [9.17, 15) is 0 Å². The second-order valence-corrected chi connectivity index (χ2v) is 5.31. The van der Waals surface area contributed by atoms with E-state index < -0.39 is 0 Å². The molecule has 2 aliphatic heterocycles. The lowest BCUT2D eigenvalue weighted by atomic mass is 9.89. The summed E-state index contributed by atoms with van der Waals surface area (Å²) in [5.74, 6) is 0.535. The quantitative estimate of drug-likeness (QED) is 0.684. The van der Waals surface area contributed by atoms with Crippen molar-refractivity contribution in [2.45, 2.75) is 19.8 Å². The number of hydrogen-bond donors (Lipinski definition) is 2. The molecule has 0 aromatic heterocycles. The summed E-state index contributed by atoms with van der Waals surface area (Å²) in [5, 5.41) is 12.5. The van der Waals surface area contributed by atoms with Crippen molar-refractivity contribution in [1.82, 2.24) is 10.2 Å².